The molecule has 5 rings (SSSR count). The van der Waals surface area contributed by atoms with Crippen LogP contribution < -0.4 is 5.73 Å². The number of aromatic carboxylic acids is 1. The summed E-state index contributed by atoms with van der Waals surface area (Å²) in [4.78, 5) is 14.8. The Morgan fingerprint density at radius 3 is 2.63 bits per heavy atom. The van der Waals surface area contributed by atoms with E-state index >= 15 is 0 Å². The normalized spacial score (nSPS) is 14.9. The summed E-state index contributed by atoms with van der Waals surface area (Å²) >= 11 is 7.26. The van der Waals surface area contributed by atoms with Crippen LogP contribution in [0.3, 0.4) is 0 Å². The lowest BCUT2D eigenvalue weighted by Gasteiger charge is -2.32. The van der Waals surface area contributed by atoms with Crippen molar-refractivity contribution in [1.29, 1.82) is 0 Å². The molecule has 0 unspecified atom stereocenters. The molecule has 7 nitrogen and oxygen atoms in total. The lowest BCUT2D eigenvalue weighted by molar-refractivity contribution is 0.0680. The number of para-hydroxylation sites is 1. The third kappa shape index (κ3) is 5.75. The number of rotatable bonds is 5. The molecule has 4 aromatic rings. The Kier molecular flexibility index (Phi) is 7.91. The van der Waals surface area contributed by atoms with E-state index in [9.17, 15) is 14.3 Å². The van der Waals surface area contributed by atoms with Crippen molar-refractivity contribution in [3.05, 3.63) is 64.0 Å². The molecule has 0 saturated carbocycles. The SMILES string of the molecule is CC(C)N1CCC(N)CC1.O=C(O)c1c(F)c2ccccc2n1Cc1cc(-c2ccc(Cl)s2)on1. The first-order chi connectivity index (χ1) is 16.7. The molecule has 0 radical (unpaired) electrons. The Morgan fingerprint density at radius 2 is 2.00 bits per heavy atom. The Morgan fingerprint density at radius 1 is 1.29 bits per heavy atom. The zero-order chi connectivity index (χ0) is 25.1. The summed E-state index contributed by atoms with van der Waals surface area (Å²) in [5.41, 5.74) is 6.35. The van der Waals surface area contributed by atoms with E-state index in [1.807, 2.05) is 6.07 Å². The highest BCUT2D eigenvalue weighted by Gasteiger charge is 2.23. The minimum atomic E-state index is -1.33. The van der Waals surface area contributed by atoms with Crippen LogP contribution in [0.25, 0.3) is 21.5 Å². The number of benzene rings is 1. The van der Waals surface area contributed by atoms with Gasteiger partial charge in [0.25, 0.3) is 0 Å². The number of likely N-dealkylation sites (tertiary alicyclic amines) is 1. The number of hydrogen-bond acceptors (Lipinski definition) is 6. The molecule has 3 aromatic heterocycles. The Labute approximate surface area is 211 Å². The summed E-state index contributed by atoms with van der Waals surface area (Å²) in [6, 6.07) is 13.0. The highest BCUT2D eigenvalue weighted by atomic mass is 35.5. The van der Waals surface area contributed by atoms with Crippen molar-refractivity contribution >= 4 is 39.8 Å². The molecule has 10 heteroatoms. The van der Waals surface area contributed by atoms with Gasteiger partial charge in [-0.05, 0) is 64.0 Å². The van der Waals surface area contributed by atoms with Gasteiger partial charge >= 0.3 is 5.97 Å². The Bertz CT molecular complexity index is 1310. The Hall–Kier alpha value is -2.72. The Balaban J connectivity index is 0.000000243. The maximum Gasteiger partial charge on any atom is 0.355 e. The minimum absolute atomic E-state index is 0.0780. The molecule has 3 N–H and O–H groups in total. The summed E-state index contributed by atoms with van der Waals surface area (Å²) in [6.45, 7) is 6.96. The average molecular weight is 519 g/mol. The predicted octanol–water partition coefficient (Wildman–Crippen LogP) is 5.71. The molecule has 0 amide bonds. The molecule has 0 spiro atoms. The molecule has 1 saturated heterocycles. The summed E-state index contributed by atoms with van der Waals surface area (Å²) < 4.78 is 21.8. The first kappa shape index (κ1) is 25.4. The predicted molar refractivity (Wildman–Crippen MR) is 137 cm³/mol. The van der Waals surface area contributed by atoms with E-state index in [0.29, 0.717) is 33.4 Å². The smallest absolute Gasteiger partial charge is 0.355 e. The molecule has 1 fully saturated rings. The van der Waals surface area contributed by atoms with E-state index in [1.165, 1.54) is 41.8 Å². The van der Waals surface area contributed by atoms with E-state index in [1.54, 1.807) is 36.4 Å². The molecular weight excluding hydrogens is 491 g/mol. The van der Waals surface area contributed by atoms with E-state index in [4.69, 9.17) is 21.9 Å². The number of thiophene rings is 1. The zero-order valence-corrected chi connectivity index (χ0v) is 21.2. The number of piperidine rings is 1. The molecular formula is C25H28ClFN4O3S. The lowest BCUT2D eigenvalue weighted by atomic mass is 10.1. The van der Waals surface area contributed by atoms with Crippen molar-refractivity contribution in [2.45, 2.75) is 45.3 Å². The van der Waals surface area contributed by atoms with Gasteiger partial charge in [0.05, 0.1) is 21.3 Å². The molecule has 0 bridgehead atoms. The molecule has 1 aliphatic rings. The molecule has 4 heterocycles. The van der Waals surface area contributed by atoms with Gasteiger partial charge in [0.2, 0.25) is 0 Å². The van der Waals surface area contributed by atoms with Crippen LogP contribution in [0.2, 0.25) is 4.34 Å². The topological polar surface area (TPSA) is 97.5 Å². The van der Waals surface area contributed by atoms with Crippen LogP contribution in [0, 0.1) is 5.82 Å². The number of carboxylic acids is 1. The largest absolute Gasteiger partial charge is 0.476 e. The number of halogens is 2. The zero-order valence-electron chi connectivity index (χ0n) is 19.6. The maximum atomic E-state index is 14.5. The highest BCUT2D eigenvalue weighted by Crippen LogP contribution is 2.32. The monoisotopic (exact) mass is 518 g/mol. The van der Waals surface area contributed by atoms with Gasteiger partial charge in [-0.2, -0.15) is 0 Å². The number of aromatic nitrogens is 2. The van der Waals surface area contributed by atoms with Crippen LogP contribution in [0.15, 0.2) is 47.0 Å². The van der Waals surface area contributed by atoms with Crippen molar-refractivity contribution in [3.63, 3.8) is 0 Å². The summed E-state index contributed by atoms with van der Waals surface area (Å²) in [5.74, 6) is -1.56. The summed E-state index contributed by atoms with van der Waals surface area (Å²) in [6.07, 6.45) is 2.36. The van der Waals surface area contributed by atoms with Crippen LogP contribution in [-0.2, 0) is 6.54 Å². The van der Waals surface area contributed by atoms with Crippen LogP contribution >= 0.6 is 22.9 Å². The number of hydrogen-bond donors (Lipinski definition) is 2. The van der Waals surface area contributed by atoms with Crippen LogP contribution in [-0.4, -0.2) is 50.9 Å². The second kappa shape index (κ2) is 10.9. The van der Waals surface area contributed by atoms with Gasteiger partial charge in [0.15, 0.2) is 17.3 Å². The minimum Gasteiger partial charge on any atom is -0.476 e. The van der Waals surface area contributed by atoms with Crippen molar-refractivity contribution < 1.29 is 18.8 Å². The van der Waals surface area contributed by atoms with Gasteiger partial charge in [-0.15, -0.1) is 11.3 Å². The van der Waals surface area contributed by atoms with E-state index in [2.05, 4.69) is 23.9 Å². The molecule has 0 aliphatic carbocycles. The fourth-order valence-electron chi connectivity index (χ4n) is 4.18. The molecule has 1 aliphatic heterocycles. The van der Waals surface area contributed by atoms with Gasteiger partial charge in [-0.25, -0.2) is 9.18 Å². The van der Waals surface area contributed by atoms with Gasteiger partial charge in [-0.1, -0.05) is 28.9 Å². The lowest BCUT2D eigenvalue weighted by Crippen LogP contribution is -2.42. The van der Waals surface area contributed by atoms with Gasteiger partial charge < -0.3 is 24.8 Å². The van der Waals surface area contributed by atoms with Crippen molar-refractivity contribution in [1.82, 2.24) is 14.6 Å². The third-order valence-corrected chi connectivity index (χ3v) is 7.36. The molecule has 0 atom stereocenters. The van der Waals surface area contributed by atoms with E-state index in [0.717, 1.165) is 4.88 Å². The van der Waals surface area contributed by atoms with Crippen LogP contribution in [0.5, 0.6) is 0 Å². The van der Waals surface area contributed by atoms with Gasteiger partial charge in [0.1, 0.15) is 5.69 Å². The van der Waals surface area contributed by atoms with E-state index in [-0.39, 0.29) is 11.9 Å². The summed E-state index contributed by atoms with van der Waals surface area (Å²) in [5, 5.41) is 13.6. The molecule has 35 heavy (non-hydrogen) atoms. The second-order valence-electron chi connectivity index (χ2n) is 8.82. The first-order valence-corrected chi connectivity index (χ1v) is 12.6. The van der Waals surface area contributed by atoms with Crippen molar-refractivity contribution in [2.24, 2.45) is 5.73 Å². The fraction of sp³-hybridized carbons (Fsp3) is 0.360. The molecule has 1 aromatic carbocycles. The highest BCUT2D eigenvalue weighted by molar-refractivity contribution is 7.19. The van der Waals surface area contributed by atoms with Gasteiger partial charge in [-0.3, -0.25) is 0 Å². The van der Waals surface area contributed by atoms with Crippen LogP contribution in [0.4, 0.5) is 4.39 Å². The van der Waals surface area contributed by atoms with Crippen LogP contribution in [0.1, 0.15) is 42.9 Å². The van der Waals surface area contributed by atoms with Gasteiger partial charge in [0, 0.05) is 23.5 Å². The van der Waals surface area contributed by atoms with Crippen molar-refractivity contribution in [2.75, 3.05) is 13.1 Å². The molecule has 186 valence electrons. The van der Waals surface area contributed by atoms with Crippen molar-refractivity contribution in [3.8, 4) is 10.6 Å². The quantitative estimate of drug-likeness (QED) is 0.351. The maximum absolute atomic E-state index is 14.5. The third-order valence-electron chi connectivity index (χ3n) is 6.11. The second-order valence-corrected chi connectivity index (χ2v) is 10.5. The standard InChI is InChI=1S/C17H10ClFN2O3S.C8H18N2/c18-14-6-5-13(25-14)12-7-9(20-24-12)8-21-11-4-2-1-3-10(11)15(19)16(21)17(22)23;1-7(2)10-5-3-8(9)4-6-10/h1-7H,8H2,(H,22,23);7-8H,3-6,9H2,1-2H3. The number of fused-ring (bicyclic) bond motifs is 1. The number of nitrogens with zero attached hydrogens (tertiary/aromatic N) is 3. The first-order valence-electron chi connectivity index (χ1n) is 11.5. The fourth-order valence-corrected chi connectivity index (χ4v) is 5.17. The van der Waals surface area contributed by atoms with E-state index < -0.39 is 17.5 Å². The average Bonchev–Trinajstić information content (AvgIpc) is 3.54. The number of carbonyl (C=O) groups is 1. The summed E-state index contributed by atoms with van der Waals surface area (Å²) in [7, 11) is 0. The number of nitrogens with two attached hydrogens (primary N) is 1. The number of carboxylic acid groups (broad SMARTS) is 1.